The minimum atomic E-state index is 0.474. The van der Waals surface area contributed by atoms with E-state index in [0.29, 0.717) is 11.4 Å². The Labute approximate surface area is 144 Å². The van der Waals surface area contributed by atoms with E-state index in [0.717, 1.165) is 28.0 Å². The molecule has 0 aliphatic rings. The molecule has 0 saturated carbocycles. The van der Waals surface area contributed by atoms with Gasteiger partial charge in [0.05, 0.1) is 23.1 Å². The summed E-state index contributed by atoms with van der Waals surface area (Å²) in [6, 6.07) is 17.4. The zero-order valence-corrected chi connectivity index (χ0v) is 13.5. The quantitative estimate of drug-likeness (QED) is 0.353. The van der Waals surface area contributed by atoms with Crippen LogP contribution >= 0.6 is 0 Å². The lowest BCUT2D eigenvalue weighted by atomic mass is 10.1. The molecule has 3 heterocycles. The number of benzene rings is 1. The maximum absolute atomic E-state index is 8.96. The molecular formula is C19H15N5O. The van der Waals surface area contributed by atoms with Crippen LogP contribution in [0.3, 0.4) is 0 Å². The van der Waals surface area contributed by atoms with Crippen LogP contribution in [0, 0.1) is 0 Å². The van der Waals surface area contributed by atoms with E-state index in [1.54, 1.807) is 13.1 Å². The third-order valence-corrected chi connectivity index (χ3v) is 4.00. The monoisotopic (exact) mass is 329 g/mol. The number of rotatable bonds is 3. The Morgan fingerprint density at radius 2 is 2.00 bits per heavy atom. The van der Waals surface area contributed by atoms with Gasteiger partial charge < -0.3 is 5.21 Å². The van der Waals surface area contributed by atoms with Gasteiger partial charge in [-0.2, -0.15) is 5.10 Å². The summed E-state index contributed by atoms with van der Waals surface area (Å²) in [6.07, 6.45) is 3.56. The van der Waals surface area contributed by atoms with Crippen LogP contribution < -0.4 is 0 Å². The Balaban J connectivity index is 1.84. The molecule has 4 aromatic rings. The van der Waals surface area contributed by atoms with E-state index in [9.17, 15) is 0 Å². The first-order valence-corrected chi connectivity index (χ1v) is 7.82. The van der Waals surface area contributed by atoms with Crippen molar-refractivity contribution < 1.29 is 5.21 Å². The lowest BCUT2D eigenvalue weighted by Gasteiger charge is -2.06. The molecule has 3 aromatic heterocycles. The fourth-order valence-electron chi connectivity index (χ4n) is 2.69. The van der Waals surface area contributed by atoms with Crippen LogP contribution in [0.15, 0.2) is 72.1 Å². The summed E-state index contributed by atoms with van der Waals surface area (Å²) in [5, 5.41) is 17.6. The lowest BCUT2D eigenvalue weighted by Crippen LogP contribution is -2.00. The molecule has 1 N–H and O–H groups in total. The summed E-state index contributed by atoms with van der Waals surface area (Å²) < 4.78 is 1.81. The number of aromatic nitrogens is 4. The van der Waals surface area contributed by atoms with E-state index in [1.165, 1.54) is 0 Å². The largest absolute Gasteiger partial charge is 0.411 e. The summed E-state index contributed by atoms with van der Waals surface area (Å²) in [5.41, 5.74) is 3.82. The molecule has 0 bridgehead atoms. The van der Waals surface area contributed by atoms with Gasteiger partial charge in [-0.05, 0) is 37.3 Å². The smallest absolute Gasteiger partial charge is 0.153 e. The zero-order chi connectivity index (χ0) is 17.2. The van der Waals surface area contributed by atoms with Gasteiger partial charge in [0.25, 0.3) is 0 Å². The minimum Gasteiger partial charge on any atom is -0.411 e. The molecule has 0 atom stereocenters. The standard InChI is InChI=1S/C19H15N5O/c1-13(23-25)16-5-4-6-17(22-16)14-8-9-15-12-21-24(18(15)11-14)19-7-2-3-10-20-19/h2-12,25H,1H3/b23-13-. The van der Waals surface area contributed by atoms with Gasteiger partial charge in [0.2, 0.25) is 0 Å². The van der Waals surface area contributed by atoms with Crippen molar-refractivity contribution in [3.8, 4) is 17.1 Å². The number of hydrogen-bond donors (Lipinski definition) is 1. The van der Waals surface area contributed by atoms with Crippen molar-refractivity contribution in [2.75, 3.05) is 0 Å². The Hall–Kier alpha value is -3.54. The average Bonchev–Trinajstić information content (AvgIpc) is 3.11. The van der Waals surface area contributed by atoms with Gasteiger partial charge in [0.15, 0.2) is 5.82 Å². The van der Waals surface area contributed by atoms with Crippen LogP contribution in [0.5, 0.6) is 0 Å². The third-order valence-electron chi connectivity index (χ3n) is 4.00. The van der Waals surface area contributed by atoms with Crippen molar-refractivity contribution in [1.82, 2.24) is 19.7 Å². The van der Waals surface area contributed by atoms with E-state index in [-0.39, 0.29) is 0 Å². The summed E-state index contributed by atoms with van der Waals surface area (Å²) in [6.45, 7) is 1.71. The Morgan fingerprint density at radius 1 is 1.08 bits per heavy atom. The van der Waals surface area contributed by atoms with Gasteiger partial charge in [0.1, 0.15) is 5.71 Å². The van der Waals surface area contributed by atoms with Crippen LogP contribution in [0.4, 0.5) is 0 Å². The second-order valence-electron chi connectivity index (χ2n) is 5.61. The second-order valence-corrected chi connectivity index (χ2v) is 5.61. The fourth-order valence-corrected chi connectivity index (χ4v) is 2.69. The molecular weight excluding hydrogens is 314 g/mol. The molecule has 0 saturated heterocycles. The van der Waals surface area contributed by atoms with E-state index < -0.39 is 0 Å². The maximum atomic E-state index is 8.96. The van der Waals surface area contributed by atoms with Gasteiger partial charge in [-0.1, -0.05) is 29.4 Å². The van der Waals surface area contributed by atoms with Gasteiger partial charge in [-0.3, -0.25) is 0 Å². The number of hydrogen-bond acceptors (Lipinski definition) is 5. The maximum Gasteiger partial charge on any atom is 0.153 e. The predicted molar refractivity (Wildman–Crippen MR) is 96.1 cm³/mol. The summed E-state index contributed by atoms with van der Waals surface area (Å²) in [7, 11) is 0. The van der Waals surface area contributed by atoms with E-state index in [2.05, 4.69) is 20.2 Å². The number of fused-ring (bicyclic) bond motifs is 1. The number of oxime groups is 1. The van der Waals surface area contributed by atoms with Gasteiger partial charge >= 0.3 is 0 Å². The molecule has 122 valence electrons. The van der Waals surface area contributed by atoms with Crippen LogP contribution in [0.25, 0.3) is 28.0 Å². The van der Waals surface area contributed by atoms with E-state index in [4.69, 9.17) is 5.21 Å². The average molecular weight is 329 g/mol. The summed E-state index contributed by atoms with van der Waals surface area (Å²) >= 11 is 0. The first-order chi connectivity index (χ1) is 12.3. The molecule has 4 rings (SSSR count). The predicted octanol–water partition coefficient (Wildman–Crippen LogP) is 3.68. The second kappa shape index (κ2) is 6.16. The van der Waals surface area contributed by atoms with Gasteiger partial charge in [-0.25, -0.2) is 14.6 Å². The summed E-state index contributed by atoms with van der Waals surface area (Å²) in [4.78, 5) is 8.93. The molecule has 0 aliphatic carbocycles. The van der Waals surface area contributed by atoms with Crippen molar-refractivity contribution >= 4 is 16.6 Å². The van der Waals surface area contributed by atoms with E-state index in [1.807, 2.05) is 65.5 Å². The summed E-state index contributed by atoms with van der Waals surface area (Å²) in [5.74, 6) is 0.764. The molecule has 0 radical (unpaired) electrons. The molecule has 6 nitrogen and oxygen atoms in total. The first kappa shape index (κ1) is 15.0. The lowest BCUT2D eigenvalue weighted by molar-refractivity contribution is 0.319. The fraction of sp³-hybridized carbons (Fsp3) is 0.0526. The Bertz CT molecular complexity index is 1070. The Morgan fingerprint density at radius 3 is 2.80 bits per heavy atom. The normalized spacial score (nSPS) is 11.8. The molecule has 25 heavy (non-hydrogen) atoms. The Kier molecular flexibility index (Phi) is 3.70. The van der Waals surface area contributed by atoms with E-state index >= 15 is 0 Å². The highest BCUT2D eigenvalue weighted by Gasteiger charge is 2.09. The highest BCUT2D eigenvalue weighted by molar-refractivity contribution is 5.97. The molecule has 0 unspecified atom stereocenters. The van der Waals surface area contributed by atoms with Gasteiger partial charge in [0, 0.05) is 17.1 Å². The van der Waals surface area contributed by atoms with Crippen LogP contribution in [0.2, 0.25) is 0 Å². The molecule has 0 aliphatic heterocycles. The first-order valence-electron chi connectivity index (χ1n) is 7.82. The van der Waals surface area contributed by atoms with Crippen molar-refractivity contribution in [3.63, 3.8) is 0 Å². The van der Waals surface area contributed by atoms with Crippen molar-refractivity contribution in [1.29, 1.82) is 0 Å². The molecule has 1 aromatic carbocycles. The van der Waals surface area contributed by atoms with Gasteiger partial charge in [-0.15, -0.1) is 0 Å². The molecule has 0 fully saturated rings. The molecule has 6 heteroatoms. The third kappa shape index (κ3) is 2.74. The topological polar surface area (TPSA) is 76.2 Å². The van der Waals surface area contributed by atoms with Crippen molar-refractivity contribution in [2.45, 2.75) is 6.92 Å². The number of nitrogens with zero attached hydrogens (tertiary/aromatic N) is 5. The SMILES string of the molecule is C/C(=N/O)c1cccc(-c2ccc3cnn(-c4ccccn4)c3c2)n1. The highest BCUT2D eigenvalue weighted by Crippen LogP contribution is 2.24. The van der Waals surface area contributed by atoms with Crippen LogP contribution in [0.1, 0.15) is 12.6 Å². The molecule has 0 amide bonds. The van der Waals surface area contributed by atoms with Crippen molar-refractivity contribution in [2.24, 2.45) is 5.16 Å². The van der Waals surface area contributed by atoms with Crippen LogP contribution in [-0.4, -0.2) is 30.7 Å². The minimum absolute atomic E-state index is 0.474. The molecule has 0 spiro atoms. The van der Waals surface area contributed by atoms with Crippen LogP contribution in [-0.2, 0) is 0 Å². The highest BCUT2D eigenvalue weighted by atomic mass is 16.4. The van der Waals surface area contributed by atoms with Crippen molar-refractivity contribution in [3.05, 3.63) is 72.7 Å². The number of pyridine rings is 2. The zero-order valence-electron chi connectivity index (χ0n) is 13.5.